The SMILES string of the molecule is CC(C)NC(N)=NCc1ccc(C(C)(F)F)cc1. The van der Waals surface area contributed by atoms with Gasteiger partial charge in [-0.2, -0.15) is 0 Å². The van der Waals surface area contributed by atoms with Crippen molar-refractivity contribution in [1.29, 1.82) is 0 Å². The van der Waals surface area contributed by atoms with Crippen molar-refractivity contribution in [1.82, 2.24) is 5.32 Å². The highest BCUT2D eigenvalue weighted by Gasteiger charge is 2.23. The molecular formula is C13H19F2N3. The summed E-state index contributed by atoms with van der Waals surface area (Å²) in [7, 11) is 0. The quantitative estimate of drug-likeness (QED) is 0.642. The minimum Gasteiger partial charge on any atom is -0.370 e. The van der Waals surface area contributed by atoms with Gasteiger partial charge >= 0.3 is 0 Å². The first-order valence-corrected chi connectivity index (χ1v) is 5.82. The van der Waals surface area contributed by atoms with E-state index in [4.69, 9.17) is 5.73 Å². The minimum absolute atomic E-state index is 0.00325. The Kier molecular flexibility index (Phi) is 4.64. The van der Waals surface area contributed by atoms with Crippen LogP contribution in [0.4, 0.5) is 8.78 Å². The van der Waals surface area contributed by atoms with Gasteiger partial charge in [-0.25, -0.2) is 13.8 Å². The van der Waals surface area contributed by atoms with Gasteiger partial charge in [-0.3, -0.25) is 0 Å². The first-order chi connectivity index (χ1) is 8.29. The number of hydrogen-bond donors (Lipinski definition) is 2. The van der Waals surface area contributed by atoms with Crippen LogP contribution in [0.3, 0.4) is 0 Å². The minimum atomic E-state index is -2.81. The van der Waals surface area contributed by atoms with Gasteiger partial charge in [0, 0.05) is 18.5 Å². The second-order valence-corrected chi connectivity index (χ2v) is 4.59. The third-order valence-corrected chi connectivity index (χ3v) is 2.33. The number of rotatable bonds is 4. The highest BCUT2D eigenvalue weighted by Crippen LogP contribution is 2.26. The fourth-order valence-electron chi connectivity index (χ4n) is 1.42. The fourth-order valence-corrected chi connectivity index (χ4v) is 1.42. The summed E-state index contributed by atoms with van der Waals surface area (Å²) in [4.78, 5) is 4.12. The smallest absolute Gasteiger partial charge is 0.270 e. The summed E-state index contributed by atoms with van der Waals surface area (Å²) < 4.78 is 26.0. The number of benzene rings is 1. The number of nitrogens with two attached hydrogens (primary N) is 1. The second-order valence-electron chi connectivity index (χ2n) is 4.59. The Balaban J connectivity index is 2.65. The molecule has 0 heterocycles. The van der Waals surface area contributed by atoms with Crippen LogP contribution in [-0.2, 0) is 12.5 Å². The monoisotopic (exact) mass is 255 g/mol. The van der Waals surface area contributed by atoms with E-state index in [0.29, 0.717) is 12.5 Å². The van der Waals surface area contributed by atoms with Crippen molar-refractivity contribution in [3.8, 4) is 0 Å². The van der Waals surface area contributed by atoms with Crippen molar-refractivity contribution >= 4 is 5.96 Å². The molecule has 5 heteroatoms. The maximum atomic E-state index is 13.0. The zero-order valence-corrected chi connectivity index (χ0v) is 10.9. The summed E-state index contributed by atoms with van der Waals surface area (Å²) in [5.41, 5.74) is 6.49. The van der Waals surface area contributed by atoms with Gasteiger partial charge in [0.15, 0.2) is 5.96 Å². The van der Waals surface area contributed by atoms with Gasteiger partial charge in [0.05, 0.1) is 6.54 Å². The van der Waals surface area contributed by atoms with Crippen LogP contribution < -0.4 is 11.1 Å². The van der Waals surface area contributed by atoms with Gasteiger partial charge in [-0.05, 0) is 19.4 Å². The predicted molar refractivity (Wildman–Crippen MR) is 69.6 cm³/mol. The molecule has 0 fully saturated rings. The summed E-state index contributed by atoms with van der Waals surface area (Å²) >= 11 is 0. The third kappa shape index (κ3) is 4.69. The topological polar surface area (TPSA) is 50.4 Å². The van der Waals surface area contributed by atoms with E-state index < -0.39 is 5.92 Å². The van der Waals surface area contributed by atoms with Crippen LogP contribution in [0, 0.1) is 0 Å². The number of aliphatic imine (C=N–C) groups is 1. The molecule has 1 rings (SSSR count). The van der Waals surface area contributed by atoms with Crippen molar-refractivity contribution < 1.29 is 8.78 Å². The number of halogens is 2. The van der Waals surface area contributed by atoms with Crippen LogP contribution in [-0.4, -0.2) is 12.0 Å². The summed E-state index contributed by atoms with van der Waals surface area (Å²) in [5.74, 6) is -2.45. The molecule has 0 amide bonds. The van der Waals surface area contributed by atoms with Crippen LogP contribution in [0.2, 0.25) is 0 Å². The van der Waals surface area contributed by atoms with E-state index in [0.717, 1.165) is 12.5 Å². The number of hydrogen-bond acceptors (Lipinski definition) is 1. The van der Waals surface area contributed by atoms with Crippen molar-refractivity contribution in [3.05, 3.63) is 35.4 Å². The molecule has 0 spiro atoms. The Labute approximate surface area is 106 Å². The lowest BCUT2D eigenvalue weighted by molar-refractivity contribution is 0.0174. The van der Waals surface area contributed by atoms with E-state index in [9.17, 15) is 8.78 Å². The Bertz CT molecular complexity index is 405. The zero-order chi connectivity index (χ0) is 13.8. The van der Waals surface area contributed by atoms with Crippen molar-refractivity contribution in [2.75, 3.05) is 0 Å². The molecule has 3 N–H and O–H groups in total. The predicted octanol–water partition coefficient (Wildman–Crippen LogP) is 2.61. The van der Waals surface area contributed by atoms with Crippen LogP contribution >= 0.6 is 0 Å². The van der Waals surface area contributed by atoms with E-state index in [-0.39, 0.29) is 11.6 Å². The van der Waals surface area contributed by atoms with Crippen molar-refractivity contribution in [3.63, 3.8) is 0 Å². The van der Waals surface area contributed by atoms with Gasteiger partial charge in [0.2, 0.25) is 0 Å². The molecule has 3 nitrogen and oxygen atoms in total. The Morgan fingerprint density at radius 3 is 2.33 bits per heavy atom. The standard InChI is InChI=1S/C13H19F2N3/c1-9(2)18-12(16)17-8-10-4-6-11(7-5-10)13(3,14)15/h4-7,9H,8H2,1-3H3,(H3,16,17,18). The van der Waals surface area contributed by atoms with Gasteiger partial charge in [0.1, 0.15) is 0 Å². The van der Waals surface area contributed by atoms with Crippen molar-refractivity contribution in [2.24, 2.45) is 10.7 Å². The average molecular weight is 255 g/mol. The summed E-state index contributed by atoms with van der Waals surface area (Å²) in [6.45, 7) is 5.17. The molecule has 1 aromatic carbocycles. The normalized spacial score (nSPS) is 12.9. The molecule has 0 radical (unpaired) electrons. The van der Waals surface area contributed by atoms with E-state index in [1.54, 1.807) is 12.1 Å². The molecule has 18 heavy (non-hydrogen) atoms. The number of alkyl halides is 2. The van der Waals surface area contributed by atoms with Crippen molar-refractivity contribution in [2.45, 2.75) is 39.3 Å². The van der Waals surface area contributed by atoms with Gasteiger partial charge in [-0.1, -0.05) is 24.3 Å². The Morgan fingerprint density at radius 1 is 1.33 bits per heavy atom. The lowest BCUT2D eigenvalue weighted by Crippen LogP contribution is -2.36. The fraction of sp³-hybridized carbons (Fsp3) is 0.462. The van der Waals surface area contributed by atoms with E-state index in [1.165, 1.54) is 12.1 Å². The first kappa shape index (κ1) is 14.4. The molecule has 0 aliphatic heterocycles. The van der Waals surface area contributed by atoms with Gasteiger partial charge in [0.25, 0.3) is 5.92 Å². The van der Waals surface area contributed by atoms with Gasteiger partial charge in [-0.15, -0.1) is 0 Å². The van der Waals surface area contributed by atoms with Crippen LogP contribution in [0.25, 0.3) is 0 Å². The van der Waals surface area contributed by atoms with E-state index >= 15 is 0 Å². The molecule has 0 aliphatic carbocycles. The third-order valence-electron chi connectivity index (χ3n) is 2.33. The lowest BCUT2D eigenvalue weighted by Gasteiger charge is -2.11. The summed E-state index contributed by atoms with van der Waals surface area (Å²) in [6.07, 6.45) is 0. The molecule has 1 aromatic rings. The largest absolute Gasteiger partial charge is 0.370 e. The molecule has 100 valence electrons. The first-order valence-electron chi connectivity index (χ1n) is 5.82. The highest BCUT2D eigenvalue weighted by atomic mass is 19.3. The number of nitrogens with zero attached hydrogens (tertiary/aromatic N) is 1. The molecule has 0 saturated heterocycles. The molecule has 0 atom stereocenters. The maximum absolute atomic E-state index is 13.0. The summed E-state index contributed by atoms with van der Waals surface area (Å²) in [6, 6.07) is 6.32. The van der Waals surface area contributed by atoms with E-state index in [1.807, 2.05) is 13.8 Å². The summed E-state index contributed by atoms with van der Waals surface area (Å²) in [5, 5.41) is 2.96. The number of guanidine groups is 1. The van der Waals surface area contributed by atoms with Crippen LogP contribution in [0.5, 0.6) is 0 Å². The number of nitrogens with one attached hydrogen (secondary N) is 1. The zero-order valence-electron chi connectivity index (χ0n) is 10.9. The molecule has 0 saturated carbocycles. The molecule has 0 aromatic heterocycles. The Hall–Kier alpha value is -1.65. The molecular weight excluding hydrogens is 236 g/mol. The Morgan fingerprint density at radius 2 is 1.89 bits per heavy atom. The van der Waals surface area contributed by atoms with Gasteiger partial charge < -0.3 is 11.1 Å². The van der Waals surface area contributed by atoms with Crippen LogP contribution in [0.1, 0.15) is 31.9 Å². The highest BCUT2D eigenvalue weighted by molar-refractivity contribution is 5.78. The molecule has 0 bridgehead atoms. The second kappa shape index (κ2) is 5.80. The lowest BCUT2D eigenvalue weighted by atomic mass is 10.1. The molecule has 0 unspecified atom stereocenters. The molecule has 0 aliphatic rings. The van der Waals surface area contributed by atoms with E-state index in [2.05, 4.69) is 10.3 Å². The maximum Gasteiger partial charge on any atom is 0.270 e. The van der Waals surface area contributed by atoms with Crippen LogP contribution in [0.15, 0.2) is 29.3 Å². The average Bonchev–Trinajstić information content (AvgIpc) is 2.25.